The van der Waals surface area contributed by atoms with E-state index in [-0.39, 0.29) is 15.6 Å². The Morgan fingerprint density at radius 2 is 2.21 bits per heavy atom. The zero-order chi connectivity index (χ0) is 10.7. The summed E-state index contributed by atoms with van der Waals surface area (Å²) in [6.45, 7) is 3.42. The van der Waals surface area contributed by atoms with Gasteiger partial charge in [0.05, 0.1) is 12.3 Å². The predicted octanol–water partition coefficient (Wildman–Crippen LogP) is 2.13. The Bertz CT molecular complexity index is 324. The minimum Gasteiger partial charge on any atom is -0.392 e. The molecule has 0 spiro atoms. The number of hydrogen-bond acceptors (Lipinski definition) is 4. The molecule has 0 aliphatic rings. The lowest BCUT2D eigenvalue weighted by atomic mass is 10.3. The number of halogens is 2. The molecule has 0 radical (unpaired) electrons. The van der Waals surface area contributed by atoms with Crippen LogP contribution in [-0.2, 0) is 0 Å². The largest absolute Gasteiger partial charge is 0.392 e. The molecule has 0 amide bonds. The second-order valence-electron chi connectivity index (χ2n) is 2.86. The van der Waals surface area contributed by atoms with Crippen molar-refractivity contribution in [3.05, 3.63) is 17.3 Å². The molecule has 0 bridgehead atoms. The number of nitrogens with zero attached hydrogens (tertiary/aromatic N) is 2. The Balaban J connectivity index is 2.80. The SMILES string of the molecule is CC(O)C(C)Sc1nc(Cl)ncc1F. The smallest absolute Gasteiger partial charge is 0.223 e. The van der Waals surface area contributed by atoms with E-state index in [2.05, 4.69) is 9.97 Å². The molecule has 6 heteroatoms. The molecule has 0 saturated carbocycles. The highest BCUT2D eigenvalue weighted by Crippen LogP contribution is 2.26. The Kier molecular flexibility index (Phi) is 4.10. The lowest BCUT2D eigenvalue weighted by Crippen LogP contribution is -2.15. The van der Waals surface area contributed by atoms with Gasteiger partial charge in [-0.05, 0) is 18.5 Å². The van der Waals surface area contributed by atoms with Gasteiger partial charge < -0.3 is 5.11 Å². The first-order valence-electron chi connectivity index (χ1n) is 4.03. The van der Waals surface area contributed by atoms with Crippen molar-refractivity contribution in [1.29, 1.82) is 0 Å². The molecule has 78 valence electrons. The highest BCUT2D eigenvalue weighted by atomic mass is 35.5. The van der Waals surface area contributed by atoms with Crippen LogP contribution in [0.15, 0.2) is 11.2 Å². The molecule has 0 saturated heterocycles. The van der Waals surface area contributed by atoms with Crippen LogP contribution in [0.2, 0.25) is 5.28 Å². The summed E-state index contributed by atoms with van der Waals surface area (Å²) < 4.78 is 13.1. The number of rotatable bonds is 3. The summed E-state index contributed by atoms with van der Waals surface area (Å²) in [4.78, 5) is 7.22. The van der Waals surface area contributed by atoms with Crippen molar-refractivity contribution >= 4 is 23.4 Å². The minimum absolute atomic E-state index is 0.00620. The van der Waals surface area contributed by atoms with Gasteiger partial charge in [-0.2, -0.15) is 0 Å². The van der Waals surface area contributed by atoms with E-state index in [1.165, 1.54) is 0 Å². The number of aliphatic hydroxyl groups excluding tert-OH is 1. The molecule has 2 unspecified atom stereocenters. The van der Waals surface area contributed by atoms with E-state index in [0.717, 1.165) is 18.0 Å². The Labute approximate surface area is 90.7 Å². The first-order valence-corrected chi connectivity index (χ1v) is 5.29. The van der Waals surface area contributed by atoms with Crippen molar-refractivity contribution in [2.45, 2.75) is 30.2 Å². The first-order chi connectivity index (χ1) is 6.50. The van der Waals surface area contributed by atoms with Gasteiger partial charge in [0.25, 0.3) is 0 Å². The molecule has 1 N–H and O–H groups in total. The van der Waals surface area contributed by atoms with Crippen LogP contribution in [0.25, 0.3) is 0 Å². The van der Waals surface area contributed by atoms with E-state index < -0.39 is 11.9 Å². The van der Waals surface area contributed by atoms with E-state index >= 15 is 0 Å². The van der Waals surface area contributed by atoms with Crippen molar-refractivity contribution in [3.8, 4) is 0 Å². The van der Waals surface area contributed by atoms with Gasteiger partial charge in [0.2, 0.25) is 5.28 Å². The molecule has 1 aromatic rings. The van der Waals surface area contributed by atoms with Gasteiger partial charge in [-0.15, -0.1) is 0 Å². The summed E-state index contributed by atoms with van der Waals surface area (Å²) in [7, 11) is 0. The molecule has 14 heavy (non-hydrogen) atoms. The standard InChI is InChI=1S/C8H10ClFN2OS/c1-4(13)5(2)14-7-6(10)3-11-8(9)12-7/h3-5,13H,1-2H3. The molecule has 3 nitrogen and oxygen atoms in total. The normalized spacial score (nSPS) is 15.2. The number of aliphatic hydroxyl groups is 1. The molecule has 0 aliphatic carbocycles. The van der Waals surface area contributed by atoms with Crippen LogP contribution < -0.4 is 0 Å². The average molecular weight is 237 g/mol. The van der Waals surface area contributed by atoms with Crippen LogP contribution in [-0.4, -0.2) is 26.4 Å². The Morgan fingerprint density at radius 1 is 1.57 bits per heavy atom. The fourth-order valence-corrected chi connectivity index (χ4v) is 1.73. The third-order valence-corrected chi connectivity index (χ3v) is 3.12. The third kappa shape index (κ3) is 3.08. The van der Waals surface area contributed by atoms with Gasteiger partial charge in [-0.1, -0.05) is 18.7 Å². The fraction of sp³-hybridized carbons (Fsp3) is 0.500. The van der Waals surface area contributed by atoms with Crippen LogP contribution in [0.1, 0.15) is 13.8 Å². The maximum atomic E-state index is 13.1. The Hall–Kier alpha value is -0.390. The van der Waals surface area contributed by atoms with Crippen molar-refractivity contribution in [3.63, 3.8) is 0 Å². The lowest BCUT2D eigenvalue weighted by molar-refractivity contribution is 0.196. The van der Waals surface area contributed by atoms with Gasteiger partial charge in [0, 0.05) is 5.25 Å². The monoisotopic (exact) mass is 236 g/mol. The number of aromatic nitrogens is 2. The second kappa shape index (κ2) is 4.91. The van der Waals surface area contributed by atoms with Crippen molar-refractivity contribution < 1.29 is 9.50 Å². The van der Waals surface area contributed by atoms with Gasteiger partial charge in [-0.25, -0.2) is 14.4 Å². The summed E-state index contributed by atoms with van der Waals surface area (Å²) in [5, 5.41) is 9.25. The molecule has 0 aromatic carbocycles. The van der Waals surface area contributed by atoms with Gasteiger partial charge in [-0.3, -0.25) is 0 Å². The molecule has 1 rings (SSSR count). The fourth-order valence-electron chi connectivity index (χ4n) is 0.688. The Morgan fingerprint density at radius 3 is 2.79 bits per heavy atom. The zero-order valence-corrected chi connectivity index (χ0v) is 9.31. The highest BCUT2D eigenvalue weighted by Gasteiger charge is 2.15. The maximum Gasteiger partial charge on any atom is 0.223 e. The summed E-state index contributed by atoms with van der Waals surface area (Å²) in [6, 6.07) is 0. The first kappa shape index (κ1) is 11.7. The summed E-state index contributed by atoms with van der Waals surface area (Å²) in [5.41, 5.74) is 0. The van der Waals surface area contributed by atoms with E-state index in [0.29, 0.717) is 0 Å². The van der Waals surface area contributed by atoms with Crippen LogP contribution in [0.5, 0.6) is 0 Å². The average Bonchev–Trinajstić information content (AvgIpc) is 2.11. The third-order valence-electron chi connectivity index (χ3n) is 1.66. The van der Waals surface area contributed by atoms with Crippen molar-refractivity contribution in [2.24, 2.45) is 0 Å². The van der Waals surface area contributed by atoms with Crippen LogP contribution in [0.3, 0.4) is 0 Å². The number of hydrogen-bond donors (Lipinski definition) is 1. The summed E-state index contributed by atoms with van der Waals surface area (Å²) in [5.74, 6) is -0.521. The molecular formula is C8H10ClFN2OS. The van der Waals surface area contributed by atoms with Crippen molar-refractivity contribution in [2.75, 3.05) is 0 Å². The van der Waals surface area contributed by atoms with Crippen LogP contribution in [0.4, 0.5) is 4.39 Å². The quantitative estimate of drug-likeness (QED) is 0.496. The van der Waals surface area contributed by atoms with Gasteiger partial charge >= 0.3 is 0 Å². The molecular weight excluding hydrogens is 227 g/mol. The van der Waals surface area contributed by atoms with E-state index in [1.54, 1.807) is 13.8 Å². The van der Waals surface area contributed by atoms with E-state index in [4.69, 9.17) is 11.6 Å². The topological polar surface area (TPSA) is 46.0 Å². The van der Waals surface area contributed by atoms with Crippen LogP contribution in [0, 0.1) is 5.82 Å². The molecule has 2 atom stereocenters. The minimum atomic E-state index is -0.534. The molecule has 0 fully saturated rings. The summed E-state index contributed by atoms with van der Waals surface area (Å²) in [6.07, 6.45) is 0.486. The predicted molar refractivity (Wildman–Crippen MR) is 54.0 cm³/mol. The molecule has 1 heterocycles. The van der Waals surface area contributed by atoms with Crippen molar-refractivity contribution in [1.82, 2.24) is 9.97 Å². The highest BCUT2D eigenvalue weighted by molar-refractivity contribution is 7.99. The molecule has 0 aliphatic heterocycles. The zero-order valence-electron chi connectivity index (χ0n) is 7.74. The van der Waals surface area contributed by atoms with E-state index in [9.17, 15) is 9.50 Å². The van der Waals surface area contributed by atoms with Gasteiger partial charge in [0.15, 0.2) is 5.82 Å². The van der Waals surface area contributed by atoms with E-state index in [1.807, 2.05) is 0 Å². The maximum absolute atomic E-state index is 13.1. The summed E-state index contributed by atoms with van der Waals surface area (Å²) >= 11 is 6.65. The number of thioether (sulfide) groups is 1. The molecule has 1 aromatic heterocycles. The van der Waals surface area contributed by atoms with Crippen LogP contribution >= 0.6 is 23.4 Å². The van der Waals surface area contributed by atoms with Gasteiger partial charge in [0.1, 0.15) is 5.03 Å². The lowest BCUT2D eigenvalue weighted by Gasteiger charge is -2.13. The second-order valence-corrected chi connectivity index (χ2v) is 4.56.